The molecule has 1 fully saturated rings. The van der Waals surface area contributed by atoms with Crippen molar-refractivity contribution >= 4 is 22.4 Å². The van der Waals surface area contributed by atoms with Gasteiger partial charge in [-0.25, -0.2) is 9.97 Å². The van der Waals surface area contributed by atoms with E-state index in [1.165, 1.54) is 0 Å². The number of rotatable bonds is 6. The van der Waals surface area contributed by atoms with Gasteiger partial charge in [0.1, 0.15) is 23.6 Å². The summed E-state index contributed by atoms with van der Waals surface area (Å²) in [6.07, 6.45) is 1.58. The quantitative estimate of drug-likeness (QED) is 0.648. The molecule has 1 aliphatic heterocycles. The van der Waals surface area contributed by atoms with Gasteiger partial charge in [-0.2, -0.15) is 0 Å². The zero-order valence-corrected chi connectivity index (χ0v) is 19.0. The van der Waals surface area contributed by atoms with Crippen LogP contribution in [-0.4, -0.2) is 67.2 Å². The Bertz CT molecular complexity index is 1060. The van der Waals surface area contributed by atoms with Gasteiger partial charge in [0.15, 0.2) is 0 Å². The average Bonchev–Trinajstić information content (AvgIpc) is 2.79. The summed E-state index contributed by atoms with van der Waals surface area (Å²) in [6.45, 7) is 8.69. The molecule has 7 nitrogen and oxygen atoms in total. The molecule has 7 heteroatoms. The molecule has 4 rings (SSSR count). The third kappa shape index (κ3) is 4.29. The highest BCUT2D eigenvalue weighted by atomic mass is 16.5. The largest absolute Gasteiger partial charge is 0.497 e. The standard InChI is InChI=1S/C24H31N5O2/c1-24(2,29-11-9-28(3)10-12-29)20-14-19-21(15-22(20)31-5)25-16-26-23(19)27-17-7-6-8-18(13-17)30-4/h6-8,13-16H,9-12H2,1-5H3,(H,25,26,27). The summed E-state index contributed by atoms with van der Waals surface area (Å²) < 4.78 is 11.2. The zero-order chi connectivity index (χ0) is 22.0. The molecule has 0 aliphatic carbocycles. The zero-order valence-electron chi connectivity index (χ0n) is 19.0. The number of anilines is 2. The molecule has 0 spiro atoms. The van der Waals surface area contributed by atoms with Gasteiger partial charge in [-0.05, 0) is 39.1 Å². The van der Waals surface area contributed by atoms with Crippen molar-refractivity contribution in [3.05, 3.63) is 48.3 Å². The molecule has 1 aliphatic rings. The molecular weight excluding hydrogens is 390 g/mol. The van der Waals surface area contributed by atoms with Gasteiger partial charge in [-0.3, -0.25) is 4.90 Å². The highest BCUT2D eigenvalue weighted by Gasteiger charge is 2.33. The van der Waals surface area contributed by atoms with E-state index in [1.807, 2.05) is 30.3 Å². The molecule has 2 aromatic carbocycles. The minimum atomic E-state index is -0.191. The molecule has 2 heterocycles. The number of hydrogen-bond donors (Lipinski definition) is 1. The maximum Gasteiger partial charge on any atom is 0.141 e. The van der Waals surface area contributed by atoms with Gasteiger partial charge in [-0.15, -0.1) is 0 Å². The summed E-state index contributed by atoms with van der Waals surface area (Å²) in [5.41, 5.74) is 2.70. The molecule has 3 aromatic rings. The third-order valence-corrected chi connectivity index (χ3v) is 6.24. The highest BCUT2D eigenvalue weighted by Crippen LogP contribution is 2.39. The van der Waals surface area contributed by atoms with Crippen LogP contribution in [0.2, 0.25) is 0 Å². The Labute approximate surface area is 184 Å². The number of nitrogens with zero attached hydrogens (tertiary/aromatic N) is 4. The van der Waals surface area contributed by atoms with Gasteiger partial charge in [-0.1, -0.05) is 6.07 Å². The van der Waals surface area contributed by atoms with E-state index in [9.17, 15) is 0 Å². The second-order valence-corrected chi connectivity index (χ2v) is 8.50. The smallest absolute Gasteiger partial charge is 0.141 e. The second kappa shape index (κ2) is 8.69. The summed E-state index contributed by atoms with van der Waals surface area (Å²) in [5.74, 6) is 2.40. The van der Waals surface area contributed by atoms with Gasteiger partial charge < -0.3 is 19.7 Å². The predicted octanol–water partition coefficient (Wildman–Crippen LogP) is 3.87. The summed E-state index contributed by atoms with van der Waals surface area (Å²) >= 11 is 0. The van der Waals surface area contributed by atoms with Crippen molar-refractivity contribution in [3.63, 3.8) is 0 Å². The molecule has 0 unspecified atom stereocenters. The van der Waals surface area contributed by atoms with E-state index >= 15 is 0 Å². The van der Waals surface area contributed by atoms with Crippen LogP contribution >= 0.6 is 0 Å². The first-order chi connectivity index (χ1) is 14.9. The van der Waals surface area contributed by atoms with Crippen LogP contribution in [0.25, 0.3) is 10.9 Å². The molecule has 1 aromatic heterocycles. The van der Waals surface area contributed by atoms with Crippen molar-refractivity contribution in [2.45, 2.75) is 19.4 Å². The number of nitrogens with one attached hydrogen (secondary N) is 1. The first kappa shape index (κ1) is 21.3. The fraction of sp³-hybridized carbons (Fsp3) is 0.417. The summed E-state index contributed by atoms with van der Waals surface area (Å²) in [4.78, 5) is 13.9. The number of likely N-dealkylation sites (N-methyl/N-ethyl adjacent to an activating group) is 1. The van der Waals surface area contributed by atoms with Crippen LogP contribution < -0.4 is 14.8 Å². The van der Waals surface area contributed by atoms with Gasteiger partial charge in [0, 0.05) is 60.5 Å². The van der Waals surface area contributed by atoms with E-state index in [0.29, 0.717) is 0 Å². The monoisotopic (exact) mass is 421 g/mol. The normalized spacial score (nSPS) is 15.8. The fourth-order valence-corrected chi connectivity index (χ4v) is 4.20. The van der Waals surface area contributed by atoms with Crippen molar-refractivity contribution in [2.75, 3.05) is 52.8 Å². The molecule has 1 N–H and O–H groups in total. The molecule has 0 radical (unpaired) electrons. The van der Waals surface area contributed by atoms with Crippen LogP contribution in [-0.2, 0) is 5.54 Å². The van der Waals surface area contributed by atoms with Crippen LogP contribution in [0.15, 0.2) is 42.7 Å². The Hall–Kier alpha value is -2.90. The van der Waals surface area contributed by atoms with E-state index in [4.69, 9.17) is 9.47 Å². The van der Waals surface area contributed by atoms with Crippen LogP contribution in [0, 0.1) is 0 Å². The molecule has 164 valence electrons. The van der Waals surface area contributed by atoms with Gasteiger partial charge >= 0.3 is 0 Å². The number of benzene rings is 2. The Balaban J connectivity index is 1.76. The van der Waals surface area contributed by atoms with E-state index in [0.717, 1.165) is 65.6 Å². The molecular formula is C24H31N5O2. The second-order valence-electron chi connectivity index (χ2n) is 8.50. The maximum atomic E-state index is 5.81. The topological polar surface area (TPSA) is 62.8 Å². The SMILES string of the molecule is COc1cccc(Nc2ncnc3cc(OC)c(C(C)(C)N4CCN(C)CC4)cc23)c1. The highest BCUT2D eigenvalue weighted by molar-refractivity contribution is 5.92. The Morgan fingerprint density at radius 3 is 2.45 bits per heavy atom. The predicted molar refractivity (Wildman–Crippen MR) is 124 cm³/mol. The van der Waals surface area contributed by atoms with Crippen LogP contribution in [0.3, 0.4) is 0 Å². The van der Waals surface area contributed by atoms with Crippen molar-refractivity contribution in [1.82, 2.24) is 19.8 Å². The van der Waals surface area contributed by atoms with Gasteiger partial charge in [0.05, 0.1) is 19.7 Å². The van der Waals surface area contributed by atoms with Gasteiger partial charge in [0.2, 0.25) is 0 Å². The van der Waals surface area contributed by atoms with Crippen molar-refractivity contribution in [3.8, 4) is 11.5 Å². The summed E-state index contributed by atoms with van der Waals surface area (Å²) in [6, 6.07) is 12.0. The van der Waals surface area contributed by atoms with E-state index in [2.05, 4.69) is 52.0 Å². The van der Waals surface area contributed by atoms with Crippen molar-refractivity contribution in [1.29, 1.82) is 0 Å². The number of methoxy groups -OCH3 is 2. The van der Waals surface area contributed by atoms with E-state index < -0.39 is 0 Å². The van der Waals surface area contributed by atoms with Crippen LogP contribution in [0.5, 0.6) is 11.5 Å². The first-order valence-corrected chi connectivity index (χ1v) is 10.6. The van der Waals surface area contributed by atoms with Crippen LogP contribution in [0.4, 0.5) is 11.5 Å². The number of aromatic nitrogens is 2. The molecule has 0 amide bonds. The number of fused-ring (bicyclic) bond motifs is 1. The van der Waals surface area contributed by atoms with Gasteiger partial charge in [0.25, 0.3) is 0 Å². The van der Waals surface area contributed by atoms with Crippen molar-refractivity contribution in [2.24, 2.45) is 0 Å². The molecule has 0 saturated carbocycles. The number of piperazine rings is 1. The Morgan fingerprint density at radius 1 is 0.968 bits per heavy atom. The summed E-state index contributed by atoms with van der Waals surface area (Å²) in [5, 5.41) is 4.39. The molecule has 1 saturated heterocycles. The molecule has 0 atom stereocenters. The third-order valence-electron chi connectivity index (χ3n) is 6.24. The number of ether oxygens (including phenoxy) is 2. The maximum absolute atomic E-state index is 5.81. The van der Waals surface area contributed by atoms with Crippen molar-refractivity contribution < 1.29 is 9.47 Å². The Morgan fingerprint density at radius 2 is 1.74 bits per heavy atom. The lowest BCUT2D eigenvalue weighted by atomic mass is 9.89. The average molecular weight is 422 g/mol. The minimum Gasteiger partial charge on any atom is -0.497 e. The first-order valence-electron chi connectivity index (χ1n) is 10.6. The summed E-state index contributed by atoms with van der Waals surface area (Å²) in [7, 11) is 5.56. The lowest BCUT2D eigenvalue weighted by Gasteiger charge is -2.44. The fourth-order valence-electron chi connectivity index (χ4n) is 4.20. The van der Waals surface area contributed by atoms with Crippen LogP contribution in [0.1, 0.15) is 19.4 Å². The Kier molecular flexibility index (Phi) is 5.98. The lowest BCUT2D eigenvalue weighted by molar-refractivity contribution is 0.0591. The van der Waals surface area contributed by atoms with E-state index in [-0.39, 0.29) is 5.54 Å². The van der Waals surface area contributed by atoms with E-state index in [1.54, 1.807) is 20.5 Å². The lowest BCUT2D eigenvalue weighted by Crippen LogP contribution is -2.52. The molecule has 31 heavy (non-hydrogen) atoms. The minimum absolute atomic E-state index is 0.191. The number of hydrogen-bond acceptors (Lipinski definition) is 7. The molecule has 0 bridgehead atoms.